The van der Waals surface area contributed by atoms with Crippen LogP contribution in [0.3, 0.4) is 0 Å². The summed E-state index contributed by atoms with van der Waals surface area (Å²) >= 11 is 1.70. The van der Waals surface area contributed by atoms with Crippen LogP contribution in [0.5, 0.6) is 0 Å². The van der Waals surface area contributed by atoms with Crippen LogP contribution in [-0.2, 0) is 23.1 Å². The van der Waals surface area contributed by atoms with Gasteiger partial charge in [0.05, 0.1) is 11.4 Å². The molecule has 6 nitrogen and oxygen atoms in total. The van der Waals surface area contributed by atoms with Crippen molar-refractivity contribution in [2.45, 2.75) is 24.9 Å². The van der Waals surface area contributed by atoms with Crippen LogP contribution in [-0.4, -0.2) is 39.8 Å². The van der Waals surface area contributed by atoms with Crippen molar-refractivity contribution >= 4 is 27.3 Å². The van der Waals surface area contributed by atoms with Gasteiger partial charge in [-0.3, -0.25) is 4.99 Å². The van der Waals surface area contributed by atoms with Crippen molar-refractivity contribution in [2.24, 2.45) is 4.99 Å². The number of rotatable bonds is 6. The average molecular weight is 381 g/mol. The van der Waals surface area contributed by atoms with Crippen LogP contribution >= 0.6 is 11.3 Å². The van der Waals surface area contributed by atoms with Crippen LogP contribution in [0.2, 0.25) is 0 Å². The minimum absolute atomic E-state index is 0.303. The van der Waals surface area contributed by atoms with Crippen molar-refractivity contribution in [3.8, 4) is 0 Å². The van der Waals surface area contributed by atoms with Gasteiger partial charge in [-0.1, -0.05) is 18.2 Å². The predicted molar refractivity (Wildman–Crippen MR) is 103 cm³/mol. The second kappa shape index (κ2) is 8.46. The van der Waals surface area contributed by atoms with Crippen LogP contribution < -0.4 is 10.6 Å². The molecule has 25 heavy (non-hydrogen) atoms. The van der Waals surface area contributed by atoms with Crippen molar-refractivity contribution in [1.29, 1.82) is 0 Å². The lowest BCUT2D eigenvalue weighted by Crippen LogP contribution is -2.36. The first-order chi connectivity index (χ1) is 11.9. The Kier molecular flexibility index (Phi) is 6.57. The Morgan fingerprint density at radius 3 is 2.44 bits per heavy atom. The van der Waals surface area contributed by atoms with Crippen molar-refractivity contribution in [1.82, 2.24) is 14.9 Å². The van der Waals surface area contributed by atoms with Gasteiger partial charge in [-0.2, -0.15) is 0 Å². The van der Waals surface area contributed by atoms with E-state index in [-0.39, 0.29) is 0 Å². The van der Waals surface area contributed by atoms with Crippen LogP contribution in [0.4, 0.5) is 0 Å². The molecule has 0 spiro atoms. The number of hydrogen-bond donors (Lipinski definition) is 2. The zero-order chi connectivity index (χ0) is 18.4. The molecule has 0 fully saturated rings. The molecule has 0 saturated carbocycles. The van der Waals surface area contributed by atoms with Crippen LogP contribution in [0.25, 0.3) is 0 Å². The maximum Gasteiger partial charge on any atom is 0.242 e. The lowest BCUT2D eigenvalue weighted by Gasteiger charge is -2.17. The van der Waals surface area contributed by atoms with E-state index in [1.165, 1.54) is 28.8 Å². The second-order valence-corrected chi connectivity index (χ2v) is 8.82. The highest BCUT2D eigenvalue weighted by Crippen LogP contribution is 2.18. The first kappa shape index (κ1) is 19.4. The van der Waals surface area contributed by atoms with E-state index >= 15 is 0 Å². The average Bonchev–Trinajstić information content (AvgIpc) is 3.00. The predicted octanol–water partition coefficient (Wildman–Crippen LogP) is 2.17. The van der Waals surface area contributed by atoms with Crippen molar-refractivity contribution in [3.05, 3.63) is 51.7 Å². The first-order valence-corrected chi connectivity index (χ1v) is 10.2. The summed E-state index contributed by atoms with van der Waals surface area (Å²) in [5.74, 6) is 0.629. The fraction of sp³-hybridized carbons (Fsp3) is 0.353. The van der Waals surface area contributed by atoms with Crippen molar-refractivity contribution in [3.63, 3.8) is 0 Å². The Morgan fingerprint density at radius 2 is 1.84 bits per heavy atom. The summed E-state index contributed by atoms with van der Waals surface area (Å²) in [6.07, 6.45) is 0. The summed E-state index contributed by atoms with van der Waals surface area (Å²) in [7, 11) is 1.28. The largest absolute Gasteiger partial charge is 0.352 e. The molecule has 0 amide bonds. The minimum Gasteiger partial charge on any atom is -0.352 e. The molecular formula is C17H24N4O2S2. The maximum atomic E-state index is 12.4. The number of aliphatic imine (C=N–C) groups is 1. The van der Waals surface area contributed by atoms with E-state index in [9.17, 15) is 8.42 Å². The van der Waals surface area contributed by atoms with Gasteiger partial charge in [0.25, 0.3) is 0 Å². The van der Waals surface area contributed by atoms with E-state index in [0.717, 1.165) is 0 Å². The zero-order valence-electron chi connectivity index (χ0n) is 14.9. The molecule has 0 saturated heterocycles. The zero-order valence-corrected chi connectivity index (χ0v) is 16.5. The third-order valence-corrected chi connectivity index (χ3v) is 6.72. The molecule has 136 valence electrons. The van der Waals surface area contributed by atoms with E-state index in [1.807, 2.05) is 6.07 Å². The molecule has 0 bridgehead atoms. The van der Waals surface area contributed by atoms with Gasteiger partial charge in [-0.15, -0.1) is 11.3 Å². The van der Waals surface area contributed by atoms with Crippen LogP contribution in [0.15, 0.2) is 45.6 Å². The number of nitrogens with zero attached hydrogens (tertiary/aromatic N) is 2. The first-order valence-electron chi connectivity index (χ1n) is 7.84. The highest BCUT2D eigenvalue weighted by molar-refractivity contribution is 7.89. The van der Waals surface area contributed by atoms with Gasteiger partial charge >= 0.3 is 0 Å². The fourth-order valence-electron chi connectivity index (χ4n) is 2.25. The smallest absolute Gasteiger partial charge is 0.242 e. The summed E-state index contributed by atoms with van der Waals surface area (Å²) in [6.45, 7) is 3.12. The van der Waals surface area contributed by atoms with Gasteiger partial charge < -0.3 is 10.6 Å². The monoisotopic (exact) mass is 380 g/mol. The highest BCUT2D eigenvalue weighted by Gasteiger charge is 2.20. The summed E-state index contributed by atoms with van der Waals surface area (Å²) in [4.78, 5) is 5.75. The number of hydrogen-bond acceptors (Lipinski definition) is 4. The summed E-state index contributed by atoms with van der Waals surface area (Å²) < 4.78 is 26.1. The number of sulfonamides is 1. The topological polar surface area (TPSA) is 73.8 Å². The molecule has 2 N–H and O–H groups in total. The summed E-state index contributed by atoms with van der Waals surface area (Å²) in [5, 5.41) is 8.49. The lowest BCUT2D eigenvalue weighted by molar-refractivity contribution is 0.519. The van der Waals surface area contributed by atoms with Gasteiger partial charge in [0.15, 0.2) is 5.96 Å². The molecule has 0 aliphatic rings. The number of benzene rings is 1. The molecule has 0 atom stereocenters. The number of nitrogens with one attached hydrogen (secondary N) is 2. The quantitative estimate of drug-likeness (QED) is 0.595. The molecule has 1 heterocycles. The third-order valence-electron chi connectivity index (χ3n) is 3.79. The molecule has 0 radical (unpaired) electrons. The highest BCUT2D eigenvalue weighted by atomic mass is 32.2. The number of aryl methyl sites for hydroxylation is 1. The van der Waals surface area contributed by atoms with Crippen molar-refractivity contribution in [2.75, 3.05) is 21.1 Å². The molecular weight excluding hydrogens is 356 g/mol. The SMILES string of the molecule is CN=C(NCc1ccccc1S(=O)(=O)N(C)C)NCc1sccc1C. The van der Waals surface area contributed by atoms with E-state index in [1.54, 1.807) is 36.6 Å². The number of guanidine groups is 1. The summed E-state index contributed by atoms with van der Waals surface area (Å²) in [5.41, 5.74) is 1.95. The van der Waals surface area contributed by atoms with E-state index < -0.39 is 10.0 Å². The van der Waals surface area contributed by atoms with Crippen LogP contribution in [0, 0.1) is 6.92 Å². The Morgan fingerprint density at radius 1 is 1.16 bits per heavy atom. The molecule has 1 aromatic heterocycles. The van der Waals surface area contributed by atoms with Gasteiger partial charge in [-0.05, 0) is 35.6 Å². The van der Waals surface area contributed by atoms with Gasteiger partial charge in [0.1, 0.15) is 0 Å². The molecule has 2 aromatic rings. The molecule has 2 rings (SSSR count). The number of thiophene rings is 1. The Labute approximate surface area is 153 Å². The van der Waals surface area contributed by atoms with E-state index in [4.69, 9.17) is 0 Å². The Bertz CT molecular complexity index is 842. The fourth-order valence-corrected chi connectivity index (χ4v) is 4.21. The molecule has 1 aromatic carbocycles. The van der Waals surface area contributed by atoms with E-state index in [2.05, 4.69) is 34.0 Å². The van der Waals surface area contributed by atoms with Crippen molar-refractivity contribution < 1.29 is 8.42 Å². The van der Waals surface area contributed by atoms with Gasteiger partial charge in [-0.25, -0.2) is 12.7 Å². The normalized spacial score (nSPS) is 12.4. The molecule has 8 heteroatoms. The van der Waals surface area contributed by atoms with Gasteiger partial charge in [0.2, 0.25) is 10.0 Å². The van der Waals surface area contributed by atoms with Gasteiger partial charge in [0, 0.05) is 32.6 Å². The van der Waals surface area contributed by atoms with Crippen LogP contribution in [0.1, 0.15) is 16.0 Å². The lowest BCUT2D eigenvalue weighted by atomic mass is 10.2. The standard InChI is InChI=1S/C17H24N4O2S2/c1-13-9-10-24-15(13)12-20-17(18-2)19-11-14-7-5-6-8-16(14)25(22,23)21(3)4/h5-10H,11-12H2,1-4H3,(H2,18,19,20). The maximum absolute atomic E-state index is 12.4. The molecule has 0 aliphatic carbocycles. The summed E-state index contributed by atoms with van der Waals surface area (Å²) in [6, 6.07) is 9.07. The Balaban J connectivity index is 2.06. The molecule has 0 aliphatic heterocycles. The minimum atomic E-state index is -3.48. The third kappa shape index (κ3) is 4.81. The second-order valence-electron chi connectivity index (χ2n) is 5.70. The van der Waals surface area contributed by atoms with E-state index in [0.29, 0.717) is 29.5 Å². The Hall–Kier alpha value is -1.90. The molecule has 0 unspecified atom stereocenters.